The van der Waals surface area contributed by atoms with E-state index in [0.717, 1.165) is 11.3 Å². The number of rotatable bonds is 4. The van der Waals surface area contributed by atoms with Gasteiger partial charge in [0.1, 0.15) is 5.02 Å². The van der Waals surface area contributed by atoms with E-state index in [0.29, 0.717) is 0 Å². The van der Waals surface area contributed by atoms with Crippen molar-refractivity contribution < 1.29 is 14.5 Å². The fourth-order valence-corrected chi connectivity index (χ4v) is 3.02. The highest BCUT2D eigenvalue weighted by atomic mass is 35.5. The van der Waals surface area contributed by atoms with Crippen molar-refractivity contribution >= 4 is 40.5 Å². The van der Waals surface area contributed by atoms with E-state index in [4.69, 9.17) is 11.6 Å². The highest BCUT2D eigenvalue weighted by molar-refractivity contribution is 6.32. The second-order valence-corrected chi connectivity index (χ2v) is 6.56. The van der Waals surface area contributed by atoms with Crippen molar-refractivity contribution in [1.29, 1.82) is 0 Å². The molecule has 0 radical (unpaired) electrons. The van der Waals surface area contributed by atoms with Crippen LogP contribution in [0.1, 0.15) is 12.0 Å². The SMILES string of the molecule is Cc1ccc(N2CC(C(=O)Nc3ccc(Cl)c([N+](=O)[O-])c3)CC2=O)cc1. The van der Waals surface area contributed by atoms with E-state index < -0.39 is 10.8 Å². The Hall–Kier alpha value is -2.93. The molecule has 1 atom stereocenters. The first-order valence-electron chi connectivity index (χ1n) is 7.97. The summed E-state index contributed by atoms with van der Waals surface area (Å²) >= 11 is 5.77. The Bertz CT molecular complexity index is 883. The van der Waals surface area contributed by atoms with Crippen LogP contribution < -0.4 is 10.2 Å². The van der Waals surface area contributed by atoms with Gasteiger partial charge in [-0.15, -0.1) is 0 Å². The van der Waals surface area contributed by atoms with Crippen LogP contribution in [-0.2, 0) is 9.59 Å². The Morgan fingerprint density at radius 2 is 1.96 bits per heavy atom. The molecule has 1 aliphatic heterocycles. The monoisotopic (exact) mass is 373 g/mol. The number of nitro benzene ring substituents is 1. The van der Waals surface area contributed by atoms with Crippen molar-refractivity contribution in [2.75, 3.05) is 16.8 Å². The summed E-state index contributed by atoms with van der Waals surface area (Å²) in [6.45, 7) is 2.22. The van der Waals surface area contributed by atoms with Gasteiger partial charge in [0.25, 0.3) is 5.69 Å². The first-order chi connectivity index (χ1) is 12.3. The van der Waals surface area contributed by atoms with Crippen molar-refractivity contribution in [1.82, 2.24) is 0 Å². The van der Waals surface area contributed by atoms with Gasteiger partial charge in [-0.05, 0) is 31.2 Å². The zero-order valence-electron chi connectivity index (χ0n) is 13.9. The Morgan fingerprint density at radius 3 is 2.62 bits per heavy atom. The molecular weight excluding hydrogens is 358 g/mol. The number of nitrogens with one attached hydrogen (secondary N) is 1. The minimum atomic E-state index is -0.615. The molecule has 0 spiro atoms. The molecule has 0 aromatic heterocycles. The molecule has 1 unspecified atom stereocenters. The second kappa shape index (κ2) is 7.13. The maximum atomic E-state index is 12.5. The van der Waals surface area contributed by atoms with Gasteiger partial charge in [-0.1, -0.05) is 29.3 Å². The van der Waals surface area contributed by atoms with E-state index in [1.54, 1.807) is 4.90 Å². The first-order valence-corrected chi connectivity index (χ1v) is 8.35. The zero-order chi connectivity index (χ0) is 18.8. The van der Waals surface area contributed by atoms with E-state index in [-0.39, 0.29) is 41.2 Å². The first kappa shape index (κ1) is 17.9. The molecule has 134 valence electrons. The minimum absolute atomic E-state index is 0.00501. The number of halogens is 1. The van der Waals surface area contributed by atoms with Gasteiger partial charge in [0.2, 0.25) is 11.8 Å². The molecule has 0 aliphatic carbocycles. The van der Waals surface area contributed by atoms with Crippen LogP contribution in [0.3, 0.4) is 0 Å². The molecule has 8 heteroatoms. The molecule has 0 saturated carbocycles. The Kier molecular flexibility index (Phi) is 4.90. The summed E-state index contributed by atoms with van der Waals surface area (Å²) in [5.74, 6) is -1.01. The lowest BCUT2D eigenvalue weighted by atomic mass is 10.1. The molecule has 2 aromatic rings. The second-order valence-electron chi connectivity index (χ2n) is 6.15. The molecule has 26 heavy (non-hydrogen) atoms. The van der Waals surface area contributed by atoms with Crippen LogP contribution in [0.15, 0.2) is 42.5 Å². The Balaban J connectivity index is 1.71. The molecule has 3 rings (SSSR count). The van der Waals surface area contributed by atoms with Gasteiger partial charge in [0.05, 0.1) is 10.8 Å². The molecule has 2 aromatic carbocycles. The number of nitrogens with zero attached hydrogens (tertiary/aromatic N) is 2. The molecule has 1 N–H and O–H groups in total. The predicted octanol–water partition coefficient (Wildman–Crippen LogP) is 3.55. The van der Waals surface area contributed by atoms with Crippen molar-refractivity contribution in [2.24, 2.45) is 5.92 Å². The van der Waals surface area contributed by atoms with E-state index in [2.05, 4.69) is 5.32 Å². The van der Waals surface area contributed by atoms with Crippen molar-refractivity contribution in [3.05, 3.63) is 63.2 Å². The van der Waals surface area contributed by atoms with Gasteiger partial charge in [0, 0.05) is 30.4 Å². The molecule has 1 heterocycles. The highest BCUT2D eigenvalue weighted by Crippen LogP contribution is 2.29. The normalized spacial score (nSPS) is 16.6. The lowest BCUT2D eigenvalue weighted by Crippen LogP contribution is -2.28. The smallest absolute Gasteiger partial charge is 0.289 e. The number of nitro groups is 1. The number of amides is 2. The summed E-state index contributed by atoms with van der Waals surface area (Å²) in [6.07, 6.45) is 0.0927. The molecule has 7 nitrogen and oxygen atoms in total. The van der Waals surface area contributed by atoms with Crippen LogP contribution in [0.25, 0.3) is 0 Å². The molecular formula is C18H16ClN3O4. The van der Waals surface area contributed by atoms with Gasteiger partial charge < -0.3 is 10.2 Å². The van der Waals surface area contributed by atoms with Gasteiger partial charge >= 0.3 is 0 Å². The van der Waals surface area contributed by atoms with Gasteiger partial charge in [0.15, 0.2) is 0 Å². The summed E-state index contributed by atoms with van der Waals surface area (Å²) < 4.78 is 0. The van der Waals surface area contributed by atoms with Gasteiger partial charge in [-0.3, -0.25) is 19.7 Å². The number of carbonyl (C=O) groups excluding carboxylic acids is 2. The number of anilines is 2. The lowest BCUT2D eigenvalue weighted by molar-refractivity contribution is -0.384. The van der Waals surface area contributed by atoms with E-state index in [9.17, 15) is 19.7 Å². The zero-order valence-corrected chi connectivity index (χ0v) is 14.7. The Morgan fingerprint density at radius 1 is 1.27 bits per heavy atom. The van der Waals surface area contributed by atoms with Crippen molar-refractivity contribution in [2.45, 2.75) is 13.3 Å². The third-order valence-electron chi connectivity index (χ3n) is 4.25. The maximum Gasteiger partial charge on any atom is 0.289 e. The van der Waals surface area contributed by atoms with Crippen molar-refractivity contribution in [3.8, 4) is 0 Å². The number of hydrogen-bond donors (Lipinski definition) is 1. The third kappa shape index (κ3) is 3.67. The highest BCUT2D eigenvalue weighted by Gasteiger charge is 2.35. The third-order valence-corrected chi connectivity index (χ3v) is 4.57. The fraction of sp³-hybridized carbons (Fsp3) is 0.222. The van der Waals surface area contributed by atoms with E-state index >= 15 is 0 Å². The average molecular weight is 374 g/mol. The summed E-state index contributed by atoms with van der Waals surface area (Å²) in [4.78, 5) is 36.6. The molecule has 1 fully saturated rings. The number of benzene rings is 2. The molecule has 2 amide bonds. The summed E-state index contributed by atoms with van der Waals surface area (Å²) in [6, 6.07) is 11.5. The van der Waals surface area contributed by atoms with Crippen LogP contribution in [0, 0.1) is 23.0 Å². The average Bonchev–Trinajstić information content (AvgIpc) is 2.99. The number of aryl methyl sites for hydroxylation is 1. The summed E-state index contributed by atoms with van der Waals surface area (Å²) in [5, 5.41) is 13.6. The van der Waals surface area contributed by atoms with E-state index in [1.165, 1.54) is 18.2 Å². The van der Waals surface area contributed by atoms with Crippen LogP contribution in [0.2, 0.25) is 5.02 Å². The minimum Gasteiger partial charge on any atom is -0.326 e. The van der Waals surface area contributed by atoms with Gasteiger partial charge in [-0.2, -0.15) is 0 Å². The van der Waals surface area contributed by atoms with Gasteiger partial charge in [-0.25, -0.2) is 0 Å². The van der Waals surface area contributed by atoms with Crippen LogP contribution in [0.4, 0.5) is 17.1 Å². The van der Waals surface area contributed by atoms with E-state index in [1.807, 2.05) is 31.2 Å². The number of hydrogen-bond acceptors (Lipinski definition) is 4. The summed E-state index contributed by atoms with van der Waals surface area (Å²) in [5.41, 5.74) is 1.82. The van der Waals surface area contributed by atoms with Crippen LogP contribution >= 0.6 is 11.6 Å². The lowest BCUT2D eigenvalue weighted by Gasteiger charge is -2.17. The van der Waals surface area contributed by atoms with Crippen LogP contribution in [0.5, 0.6) is 0 Å². The quantitative estimate of drug-likeness (QED) is 0.655. The molecule has 0 bridgehead atoms. The molecule has 1 aliphatic rings. The topological polar surface area (TPSA) is 92.6 Å². The predicted molar refractivity (Wildman–Crippen MR) is 98.4 cm³/mol. The van der Waals surface area contributed by atoms with Crippen LogP contribution in [-0.4, -0.2) is 23.3 Å². The standard InChI is InChI=1S/C18H16ClN3O4/c1-11-2-5-14(6-3-11)21-10-12(8-17(21)23)18(24)20-13-4-7-15(19)16(9-13)22(25)26/h2-7,9,12H,8,10H2,1H3,(H,20,24). The molecule has 1 saturated heterocycles. The largest absolute Gasteiger partial charge is 0.326 e. The Labute approximate surface area is 154 Å². The number of carbonyl (C=O) groups is 2. The maximum absolute atomic E-state index is 12.5. The fourth-order valence-electron chi connectivity index (χ4n) is 2.83. The van der Waals surface area contributed by atoms with Crippen molar-refractivity contribution in [3.63, 3.8) is 0 Å². The summed E-state index contributed by atoms with van der Waals surface area (Å²) in [7, 11) is 0.